The smallest absolute Gasteiger partial charge is 0.229 e. The Bertz CT molecular complexity index is 981. The molecular formula is C25H27N3O2. The topological polar surface area (TPSA) is 45.7 Å². The zero-order valence-corrected chi connectivity index (χ0v) is 17.5. The fraction of sp³-hybridized carbons (Fsp3) is 0.280. The largest absolute Gasteiger partial charge is 0.497 e. The fourth-order valence-electron chi connectivity index (χ4n) is 3.88. The van der Waals surface area contributed by atoms with Gasteiger partial charge in [0.05, 0.1) is 13.0 Å². The molecule has 4 rings (SSSR count). The minimum Gasteiger partial charge on any atom is -0.497 e. The van der Waals surface area contributed by atoms with Crippen molar-refractivity contribution in [2.45, 2.75) is 12.8 Å². The molecule has 0 saturated carbocycles. The predicted molar refractivity (Wildman–Crippen MR) is 120 cm³/mol. The third kappa shape index (κ3) is 4.30. The number of amides is 1. The van der Waals surface area contributed by atoms with Crippen LogP contribution >= 0.6 is 0 Å². The molecule has 1 saturated heterocycles. The standard InChI is InChI=1S/C25H27N3O2/c1-19(20-9-11-21(12-10-20)22-6-5-7-23(18-22)30-2)25(29)28-16-14-27(15-17-28)24-8-3-4-13-26-24/h3-13,18-19H,14-17H2,1-2H3. The lowest BCUT2D eigenvalue weighted by molar-refractivity contribution is -0.132. The van der Waals surface area contributed by atoms with Crippen molar-refractivity contribution in [3.8, 4) is 16.9 Å². The van der Waals surface area contributed by atoms with Gasteiger partial charge >= 0.3 is 0 Å². The molecule has 5 heteroatoms. The first-order valence-corrected chi connectivity index (χ1v) is 10.3. The molecular weight excluding hydrogens is 374 g/mol. The van der Waals surface area contributed by atoms with E-state index < -0.39 is 0 Å². The Morgan fingerprint density at radius 3 is 2.37 bits per heavy atom. The SMILES string of the molecule is COc1cccc(-c2ccc(C(C)C(=O)N3CCN(c4ccccn4)CC3)cc2)c1. The van der Waals surface area contributed by atoms with E-state index in [0.29, 0.717) is 0 Å². The number of aromatic nitrogens is 1. The Balaban J connectivity index is 1.39. The molecule has 1 aliphatic heterocycles. The van der Waals surface area contributed by atoms with Crippen LogP contribution in [0.4, 0.5) is 5.82 Å². The van der Waals surface area contributed by atoms with Gasteiger partial charge < -0.3 is 14.5 Å². The van der Waals surface area contributed by atoms with Crippen LogP contribution in [0.25, 0.3) is 11.1 Å². The Morgan fingerprint density at radius 2 is 1.70 bits per heavy atom. The molecule has 0 N–H and O–H groups in total. The molecule has 3 aromatic rings. The lowest BCUT2D eigenvalue weighted by Crippen LogP contribution is -2.50. The summed E-state index contributed by atoms with van der Waals surface area (Å²) >= 11 is 0. The Morgan fingerprint density at radius 1 is 0.933 bits per heavy atom. The number of nitrogens with zero attached hydrogens (tertiary/aromatic N) is 3. The summed E-state index contributed by atoms with van der Waals surface area (Å²) in [6.07, 6.45) is 1.81. The van der Waals surface area contributed by atoms with Crippen molar-refractivity contribution >= 4 is 11.7 Å². The first kappa shape index (κ1) is 20.0. The van der Waals surface area contributed by atoms with Gasteiger partial charge in [-0.3, -0.25) is 4.79 Å². The van der Waals surface area contributed by atoms with Crippen molar-refractivity contribution < 1.29 is 9.53 Å². The van der Waals surface area contributed by atoms with Crippen LogP contribution in [-0.2, 0) is 4.79 Å². The van der Waals surface area contributed by atoms with Gasteiger partial charge in [-0.2, -0.15) is 0 Å². The summed E-state index contributed by atoms with van der Waals surface area (Å²) in [6.45, 7) is 5.06. The van der Waals surface area contributed by atoms with Crippen molar-refractivity contribution in [2.75, 3.05) is 38.2 Å². The molecule has 1 amide bonds. The summed E-state index contributed by atoms with van der Waals surface area (Å²) in [5.41, 5.74) is 3.26. The molecule has 5 nitrogen and oxygen atoms in total. The maximum absolute atomic E-state index is 13.1. The summed E-state index contributed by atoms with van der Waals surface area (Å²) in [4.78, 5) is 21.7. The van der Waals surface area contributed by atoms with E-state index in [1.54, 1.807) is 7.11 Å². The van der Waals surface area contributed by atoms with Crippen LogP contribution in [0, 0.1) is 0 Å². The fourth-order valence-corrected chi connectivity index (χ4v) is 3.88. The molecule has 1 atom stereocenters. The van der Waals surface area contributed by atoms with Gasteiger partial charge in [0.2, 0.25) is 5.91 Å². The highest BCUT2D eigenvalue weighted by atomic mass is 16.5. The van der Waals surface area contributed by atoms with E-state index in [0.717, 1.165) is 54.4 Å². The van der Waals surface area contributed by atoms with Crippen molar-refractivity contribution in [3.63, 3.8) is 0 Å². The minimum atomic E-state index is -0.161. The molecule has 2 heterocycles. The zero-order chi connectivity index (χ0) is 20.9. The summed E-state index contributed by atoms with van der Waals surface area (Å²) < 4.78 is 5.32. The lowest BCUT2D eigenvalue weighted by atomic mass is 9.96. The van der Waals surface area contributed by atoms with Gasteiger partial charge in [-0.1, -0.05) is 42.5 Å². The molecule has 0 aliphatic carbocycles. The second-order valence-electron chi connectivity index (χ2n) is 7.58. The van der Waals surface area contributed by atoms with Crippen LogP contribution in [0.1, 0.15) is 18.4 Å². The Kier molecular flexibility index (Phi) is 5.98. The van der Waals surface area contributed by atoms with E-state index in [1.807, 2.05) is 54.4 Å². The van der Waals surface area contributed by atoms with Gasteiger partial charge in [0.1, 0.15) is 11.6 Å². The van der Waals surface area contributed by atoms with Gasteiger partial charge in [0.15, 0.2) is 0 Å². The number of carbonyl (C=O) groups is 1. The Hall–Kier alpha value is -3.34. The van der Waals surface area contributed by atoms with E-state index in [2.05, 4.69) is 40.2 Å². The predicted octanol–water partition coefficient (Wildman–Crippen LogP) is 4.21. The molecule has 0 bridgehead atoms. The highest BCUT2D eigenvalue weighted by Crippen LogP contribution is 2.27. The molecule has 1 fully saturated rings. The molecule has 2 aromatic carbocycles. The highest BCUT2D eigenvalue weighted by Gasteiger charge is 2.26. The molecule has 30 heavy (non-hydrogen) atoms. The van der Waals surface area contributed by atoms with Crippen LogP contribution in [0.5, 0.6) is 5.75 Å². The van der Waals surface area contributed by atoms with Gasteiger partial charge in [-0.25, -0.2) is 4.98 Å². The third-order valence-electron chi connectivity index (χ3n) is 5.75. The summed E-state index contributed by atoms with van der Waals surface area (Å²) in [6, 6.07) is 22.2. The summed E-state index contributed by atoms with van der Waals surface area (Å²) in [7, 11) is 1.67. The molecule has 1 unspecified atom stereocenters. The minimum absolute atomic E-state index is 0.161. The van der Waals surface area contributed by atoms with Crippen LogP contribution in [-0.4, -0.2) is 49.1 Å². The van der Waals surface area contributed by atoms with Crippen molar-refractivity contribution in [1.82, 2.24) is 9.88 Å². The number of benzene rings is 2. The van der Waals surface area contributed by atoms with E-state index >= 15 is 0 Å². The van der Waals surface area contributed by atoms with Crippen LogP contribution < -0.4 is 9.64 Å². The number of rotatable bonds is 5. The van der Waals surface area contributed by atoms with E-state index in [-0.39, 0.29) is 11.8 Å². The van der Waals surface area contributed by atoms with Crippen LogP contribution in [0.3, 0.4) is 0 Å². The highest BCUT2D eigenvalue weighted by molar-refractivity contribution is 5.84. The van der Waals surface area contributed by atoms with Crippen molar-refractivity contribution in [1.29, 1.82) is 0 Å². The number of hydrogen-bond donors (Lipinski definition) is 0. The van der Waals surface area contributed by atoms with Crippen molar-refractivity contribution in [2.24, 2.45) is 0 Å². The van der Waals surface area contributed by atoms with Crippen LogP contribution in [0.2, 0.25) is 0 Å². The van der Waals surface area contributed by atoms with E-state index in [4.69, 9.17) is 4.74 Å². The number of methoxy groups -OCH3 is 1. The first-order chi connectivity index (χ1) is 14.7. The monoisotopic (exact) mass is 401 g/mol. The maximum atomic E-state index is 13.1. The number of carbonyl (C=O) groups excluding carboxylic acids is 1. The van der Waals surface area contributed by atoms with Gasteiger partial charge in [-0.05, 0) is 47.9 Å². The quantitative estimate of drug-likeness (QED) is 0.643. The average Bonchev–Trinajstić information content (AvgIpc) is 2.84. The average molecular weight is 402 g/mol. The van der Waals surface area contributed by atoms with Crippen LogP contribution in [0.15, 0.2) is 72.9 Å². The molecule has 1 aliphatic rings. The Labute approximate surface area is 177 Å². The molecule has 0 spiro atoms. The number of anilines is 1. The molecule has 1 aromatic heterocycles. The third-order valence-corrected chi connectivity index (χ3v) is 5.75. The summed E-state index contributed by atoms with van der Waals surface area (Å²) in [5, 5.41) is 0. The number of ether oxygens (including phenoxy) is 1. The summed E-state index contributed by atoms with van der Waals surface area (Å²) in [5.74, 6) is 1.84. The second kappa shape index (κ2) is 8.99. The van der Waals surface area contributed by atoms with E-state index in [9.17, 15) is 4.79 Å². The van der Waals surface area contributed by atoms with E-state index in [1.165, 1.54) is 0 Å². The number of pyridine rings is 1. The van der Waals surface area contributed by atoms with Gasteiger partial charge in [-0.15, -0.1) is 0 Å². The second-order valence-corrected chi connectivity index (χ2v) is 7.58. The number of hydrogen-bond acceptors (Lipinski definition) is 4. The normalized spacial score (nSPS) is 15.0. The van der Waals surface area contributed by atoms with Gasteiger partial charge in [0, 0.05) is 32.4 Å². The van der Waals surface area contributed by atoms with Crippen molar-refractivity contribution in [3.05, 3.63) is 78.5 Å². The lowest BCUT2D eigenvalue weighted by Gasteiger charge is -2.36. The number of piperazine rings is 1. The first-order valence-electron chi connectivity index (χ1n) is 10.3. The maximum Gasteiger partial charge on any atom is 0.229 e. The molecule has 154 valence electrons. The zero-order valence-electron chi connectivity index (χ0n) is 17.5. The molecule has 0 radical (unpaired) electrons. The van der Waals surface area contributed by atoms with Gasteiger partial charge in [0.25, 0.3) is 0 Å².